The number of esters is 1. The normalized spacial score (nSPS) is 18.4. The summed E-state index contributed by atoms with van der Waals surface area (Å²) >= 11 is 0. The average Bonchev–Trinajstić information content (AvgIpc) is 2.83. The van der Waals surface area contributed by atoms with Gasteiger partial charge in [0.15, 0.2) is 0 Å². The maximum atomic E-state index is 11.1. The second kappa shape index (κ2) is 4.29. The fraction of sp³-hybridized carbons (Fsp3) is 0.700. The monoisotopic (exact) mass is 168 g/mol. The third kappa shape index (κ3) is 2.68. The van der Waals surface area contributed by atoms with Crippen molar-refractivity contribution in [3.63, 3.8) is 0 Å². The summed E-state index contributed by atoms with van der Waals surface area (Å²) in [7, 11) is 0. The molecule has 0 bridgehead atoms. The largest absolute Gasteiger partial charge is 0.458 e. The molecule has 1 saturated carbocycles. The zero-order valence-corrected chi connectivity index (χ0v) is 7.58. The second-order valence-corrected chi connectivity index (χ2v) is 3.28. The molecule has 1 atom stereocenters. The van der Waals surface area contributed by atoms with Crippen LogP contribution >= 0.6 is 0 Å². The molecule has 68 valence electrons. The third-order valence-electron chi connectivity index (χ3n) is 2.04. The summed E-state index contributed by atoms with van der Waals surface area (Å²) in [5.41, 5.74) is 0. The van der Waals surface area contributed by atoms with Crippen LogP contribution in [0.15, 0.2) is 12.7 Å². The molecule has 1 unspecified atom stereocenters. The molecule has 1 fully saturated rings. The van der Waals surface area contributed by atoms with Crippen molar-refractivity contribution in [2.24, 2.45) is 5.92 Å². The van der Waals surface area contributed by atoms with Crippen LogP contribution in [0.25, 0.3) is 0 Å². The first-order chi connectivity index (χ1) is 5.77. The Hall–Kier alpha value is -0.790. The van der Waals surface area contributed by atoms with Gasteiger partial charge in [0.25, 0.3) is 0 Å². The van der Waals surface area contributed by atoms with Gasteiger partial charge in [-0.2, -0.15) is 0 Å². The van der Waals surface area contributed by atoms with Crippen molar-refractivity contribution in [1.82, 2.24) is 0 Å². The third-order valence-corrected chi connectivity index (χ3v) is 2.04. The summed E-state index contributed by atoms with van der Waals surface area (Å²) in [4.78, 5) is 11.1. The minimum absolute atomic E-state index is 0.0240. The molecule has 0 radical (unpaired) electrons. The van der Waals surface area contributed by atoms with Crippen LogP contribution in [-0.2, 0) is 9.53 Å². The van der Waals surface area contributed by atoms with E-state index in [1.165, 1.54) is 12.8 Å². The highest BCUT2D eigenvalue weighted by molar-refractivity contribution is 5.69. The zero-order chi connectivity index (χ0) is 8.97. The van der Waals surface area contributed by atoms with Gasteiger partial charge in [-0.15, -0.1) is 0 Å². The van der Waals surface area contributed by atoms with E-state index >= 15 is 0 Å². The highest BCUT2D eigenvalue weighted by Crippen LogP contribution is 2.34. The molecule has 0 aromatic heterocycles. The molecule has 0 aliphatic heterocycles. The Morgan fingerprint density at radius 2 is 2.42 bits per heavy atom. The van der Waals surface area contributed by atoms with E-state index in [1.807, 2.05) is 6.92 Å². The van der Waals surface area contributed by atoms with Crippen LogP contribution in [0.1, 0.15) is 32.6 Å². The number of carbonyl (C=O) groups is 1. The maximum Gasteiger partial charge on any atom is 0.306 e. The van der Waals surface area contributed by atoms with E-state index in [-0.39, 0.29) is 12.1 Å². The Morgan fingerprint density at radius 1 is 1.75 bits per heavy atom. The molecule has 0 spiro atoms. The zero-order valence-electron chi connectivity index (χ0n) is 7.58. The summed E-state index contributed by atoms with van der Waals surface area (Å²) in [5.74, 6) is 0.470. The van der Waals surface area contributed by atoms with Gasteiger partial charge < -0.3 is 4.74 Å². The lowest BCUT2D eigenvalue weighted by molar-refractivity contribution is -0.147. The smallest absolute Gasteiger partial charge is 0.306 e. The Bertz CT molecular complexity index is 171. The topological polar surface area (TPSA) is 26.3 Å². The van der Waals surface area contributed by atoms with E-state index in [1.54, 1.807) is 6.08 Å². The quantitative estimate of drug-likeness (QED) is 0.465. The summed E-state index contributed by atoms with van der Waals surface area (Å²) in [6.45, 7) is 5.63. The van der Waals surface area contributed by atoms with Crippen LogP contribution in [0.2, 0.25) is 0 Å². The maximum absolute atomic E-state index is 11.1. The molecule has 0 amide bonds. The van der Waals surface area contributed by atoms with Gasteiger partial charge in [-0.3, -0.25) is 4.79 Å². The molecule has 0 saturated heterocycles. The Morgan fingerprint density at radius 3 is 2.83 bits per heavy atom. The first kappa shape index (κ1) is 9.30. The van der Waals surface area contributed by atoms with Crippen LogP contribution in [0.4, 0.5) is 0 Å². The first-order valence-corrected chi connectivity index (χ1v) is 4.60. The number of hydrogen-bond acceptors (Lipinski definition) is 2. The molecule has 1 rings (SSSR count). The lowest BCUT2D eigenvalue weighted by Crippen LogP contribution is -2.17. The Labute approximate surface area is 73.6 Å². The molecule has 0 heterocycles. The molecule has 2 heteroatoms. The summed E-state index contributed by atoms with van der Waals surface area (Å²) in [5, 5.41) is 0. The van der Waals surface area contributed by atoms with Gasteiger partial charge in [-0.05, 0) is 25.2 Å². The SMILES string of the molecule is C=CC(OC(=O)CCC)C1CC1. The minimum atomic E-state index is -0.0886. The lowest BCUT2D eigenvalue weighted by Gasteiger charge is -2.12. The van der Waals surface area contributed by atoms with Crippen molar-refractivity contribution in [3.05, 3.63) is 12.7 Å². The Balaban J connectivity index is 2.26. The summed E-state index contributed by atoms with van der Waals surface area (Å²) in [6, 6.07) is 0. The fourth-order valence-electron chi connectivity index (χ4n) is 1.18. The van der Waals surface area contributed by atoms with E-state index in [4.69, 9.17) is 4.74 Å². The predicted octanol–water partition coefficient (Wildman–Crippen LogP) is 2.29. The first-order valence-electron chi connectivity index (χ1n) is 4.60. The molecular weight excluding hydrogens is 152 g/mol. The van der Waals surface area contributed by atoms with Crippen LogP contribution < -0.4 is 0 Å². The average molecular weight is 168 g/mol. The lowest BCUT2D eigenvalue weighted by atomic mass is 10.2. The second-order valence-electron chi connectivity index (χ2n) is 3.28. The van der Waals surface area contributed by atoms with Crippen molar-refractivity contribution >= 4 is 5.97 Å². The molecule has 0 N–H and O–H groups in total. The summed E-state index contributed by atoms with van der Waals surface area (Å²) < 4.78 is 5.21. The van der Waals surface area contributed by atoms with Gasteiger partial charge in [0.05, 0.1) is 0 Å². The van der Waals surface area contributed by atoms with Gasteiger partial charge in [0, 0.05) is 6.42 Å². The van der Waals surface area contributed by atoms with E-state index < -0.39 is 0 Å². The van der Waals surface area contributed by atoms with E-state index in [0.29, 0.717) is 12.3 Å². The molecule has 1 aliphatic rings. The van der Waals surface area contributed by atoms with Crippen LogP contribution in [0, 0.1) is 5.92 Å². The molecule has 0 aromatic rings. The van der Waals surface area contributed by atoms with Gasteiger partial charge in [0.1, 0.15) is 6.10 Å². The van der Waals surface area contributed by atoms with E-state index in [9.17, 15) is 4.79 Å². The molecular formula is C10H16O2. The molecule has 0 aromatic carbocycles. The van der Waals surface area contributed by atoms with Crippen LogP contribution in [0.3, 0.4) is 0 Å². The number of rotatable bonds is 5. The number of ether oxygens (including phenoxy) is 1. The van der Waals surface area contributed by atoms with Crippen LogP contribution in [0.5, 0.6) is 0 Å². The van der Waals surface area contributed by atoms with Gasteiger partial charge in [0.2, 0.25) is 0 Å². The highest BCUT2D eigenvalue weighted by Gasteiger charge is 2.31. The molecule has 2 nitrogen and oxygen atoms in total. The van der Waals surface area contributed by atoms with Gasteiger partial charge in [-0.1, -0.05) is 19.6 Å². The Kier molecular flexibility index (Phi) is 3.32. The van der Waals surface area contributed by atoms with Crippen molar-refractivity contribution in [1.29, 1.82) is 0 Å². The van der Waals surface area contributed by atoms with E-state index in [0.717, 1.165) is 6.42 Å². The van der Waals surface area contributed by atoms with Crippen molar-refractivity contribution < 1.29 is 9.53 Å². The van der Waals surface area contributed by atoms with Crippen molar-refractivity contribution in [2.45, 2.75) is 38.7 Å². The van der Waals surface area contributed by atoms with E-state index in [2.05, 4.69) is 6.58 Å². The summed E-state index contributed by atoms with van der Waals surface area (Å²) in [6.07, 6.45) is 5.45. The number of hydrogen-bond donors (Lipinski definition) is 0. The predicted molar refractivity (Wildman–Crippen MR) is 47.7 cm³/mol. The van der Waals surface area contributed by atoms with Crippen molar-refractivity contribution in [2.75, 3.05) is 0 Å². The molecule has 1 aliphatic carbocycles. The van der Waals surface area contributed by atoms with Crippen LogP contribution in [-0.4, -0.2) is 12.1 Å². The van der Waals surface area contributed by atoms with Gasteiger partial charge >= 0.3 is 5.97 Å². The fourth-order valence-corrected chi connectivity index (χ4v) is 1.18. The standard InChI is InChI=1S/C10H16O2/c1-3-5-10(11)12-9(4-2)8-6-7-8/h4,8-9H,2-3,5-7H2,1H3. The minimum Gasteiger partial charge on any atom is -0.458 e. The highest BCUT2D eigenvalue weighted by atomic mass is 16.5. The van der Waals surface area contributed by atoms with Gasteiger partial charge in [-0.25, -0.2) is 0 Å². The number of carbonyl (C=O) groups excluding carboxylic acids is 1. The molecule has 12 heavy (non-hydrogen) atoms. The van der Waals surface area contributed by atoms with Crippen molar-refractivity contribution in [3.8, 4) is 0 Å².